The number of thioether (sulfide) groups is 1. The average Bonchev–Trinajstić information content (AvgIpc) is 3.12. The van der Waals surface area contributed by atoms with Crippen LogP contribution in [0.15, 0.2) is 69.0 Å². The van der Waals surface area contributed by atoms with E-state index in [0.717, 1.165) is 22.0 Å². The first-order chi connectivity index (χ1) is 15.6. The average molecular weight is 508 g/mol. The number of amides is 1. The Morgan fingerprint density at radius 2 is 2.00 bits per heavy atom. The van der Waals surface area contributed by atoms with Crippen LogP contribution in [0.25, 0.3) is 16.8 Å². The second-order valence-corrected chi connectivity index (χ2v) is 8.57. The van der Waals surface area contributed by atoms with Gasteiger partial charge in [-0.25, -0.2) is 4.99 Å². The van der Waals surface area contributed by atoms with Crippen molar-refractivity contribution in [2.45, 2.75) is 6.92 Å². The van der Waals surface area contributed by atoms with E-state index in [-0.39, 0.29) is 12.5 Å². The van der Waals surface area contributed by atoms with Crippen molar-refractivity contribution in [3.8, 4) is 17.6 Å². The molecule has 3 aromatic carbocycles. The summed E-state index contributed by atoms with van der Waals surface area (Å²) in [5.74, 6) is 0.738. The fourth-order valence-corrected chi connectivity index (χ4v) is 4.63. The molecule has 6 nitrogen and oxygen atoms in total. The molecular weight excluding hydrogens is 490 g/mol. The number of carbonyl (C=O) groups excluding carboxylic acids is 1. The monoisotopic (exact) mass is 507 g/mol. The first-order valence-electron chi connectivity index (χ1n) is 9.82. The maximum absolute atomic E-state index is 12.6. The topological polar surface area (TPSA) is 83.7 Å². The summed E-state index contributed by atoms with van der Waals surface area (Å²) in [7, 11) is 0. The van der Waals surface area contributed by atoms with Crippen LogP contribution in [0.3, 0.4) is 0 Å². The summed E-state index contributed by atoms with van der Waals surface area (Å²) in [6.45, 7) is 2.21. The molecule has 0 bridgehead atoms. The fraction of sp³-hybridized carbons (Fsp3) is 0.125. The van der Waals surface area contributed by atoms with E-state index in [1.165, 1.54) is 11.8 Å². The maximum atomic E-state index is 12.6. The van der Waals surface area contributed by atoms with E-state index in [0.29, 0.717) is 32.7 Å². The minimum Gasteiger partial charge on any atom is -0.490 e. The van der Waals surface area contributed by atoms with Gasteiger partial charge in [0.05, 0.1) is 21.7 Å². The van der Waals surface area contributed by atoms with E-state index in [1.54, 1.807) is 12.1 Å². The van der Waals surface area contributed by atoms with Crippen molar-refractivity contribution in [2.24, 2.45) is 4.99 Å². The highest BCUT2D eigenvalue weighted by Crippen LogP contribution is 2.38. The maximum Gasteiger partial charge on any atom is 0.264 e. The van der Waals surface area contributed by atoms with Gasteiger partial charge in [-0.3, -0.25) is 4.79 Å². The number of halogens is 1. The summed E-state index contributed by atoms with van der Waals surface area (Å²) in [5.41, 5.74) is 1.56. The van der Waals surface area contributed by atoms with Crippen molar-refractivity contribution in [3.05, 3.63) is 69.5 Å². The number of ether oxygens (including phenoxy) is 2. The largest absolute Gasteiger partial charge is 0.490 e. The summed E-state index contributed by atoms with van der Waals surface area (Å²) >= 11 is 4.75. The zero-order chi connectivity index (χ0) is 22.5. The number of nitrogens with zero attached hydrogens (tertiary/aromatic N) is 2. The summed E-state index contributed by atoms with van der Waals surface area (Å²) in [6, 6.07) is 19.4. The molecule has 1 saturated heterocycles. The Labute approximate surface area is 198 Å². The van der Waals surface area contributed by atoms with Gasteiger partial charge in [0.2, 0.25) is 0 Å². The molecule has 3 aromatic rings. The molecule has 1 heterocycles. The van der Waals surface area contributed by atoms with Crippen LogP contribution in [0.2, 0.25) is 0 Å². The minimum absolute atomic E-state index is 0.0919. The predicted octanol–water partition coefficient (Wildman–Crippen LogP) is 5.79. The number of benzene rings is 3. The van der Waals surface area contributed by atoms with Gasteiger partial charge in [-0.05, 0) is 69.8 Å². The molecule has 0 unspecified atom stereocenters. The molecule has 0 atom stereocenters. The highest BCUT2D eigenvalue weighted by atomic mass is 79.9. The predicted molar refractivity (Wildman–Crippen MR) is 131 cm³/mol. The van der Waals surface area contributed by atoms with E-state index in [9.17, 15) is 4.79 Å². The lowest BCUT2D eigenvalue weighted by molar-refractivity contribution is -0.115. The fourth-order valence-electron chi connectivity index (χ4n) is 3.23. The number of aliphatic imine (C=N–C) groups is 1. The second-order valence-electron chi connectivity index (χ2n) is 6.69. The number of hydrogen-bond acceptors (Lipinski definition) is 6. The van der Waals surface area contributed by atoms with Gasteiger partial charge in [-0.1, -0.05) is 36.4 Å². The van der Waals surface area contributed by atoms with Crippen molar-refractivity contribution in [1.29, 1.82) is 5.26 Å². The number of rotatable bonds is 6. The first-order valence-corrected chi connectivity index (χ1v) is 11.4. The van der Waals surface area contributed by atoms with Crippen molar-refractivity contribution in [2.75, 3.05) is 13.2 Å². The Morgan fingerprint density at radius 3 is 2.81 bits per heavy atom. The van der Waals surface area contributed by atoms with E-state index >= 15 is 0 Å². The zero-order valence-electron chi connectivity index (χ0n) is 17.1. The van der Waals surface area contributed by atoms with Gasteiger partial charge in [-0.15, -0.1) is 0 Å². The normalized spacial score (nSPS) is 15.7. The molecular formula is C24H18BrN3O3S. The third kappa shape index (κ3) is 4.79. The van der Waals surface area contributed by atoms with Crippen LogP contribution in [-0.2, 0) is 4.79 Å². The summed E-state index contributed by atoms with van der Waals surface area (Å²) in [6.07, 6.45) is 1.77. The molecule has 1 amide bonds. The summed E-state index contributed by atoms with van der Waals surface area (Å²) < 4.78 is 11.8. The highest BCUT2D eigenvalue weighted by molar-refractivity contribution is 9.10. The number of nitriles is 1. The standard InChI is InChI=1S/C24H18BrN3O3S/c1-2-30-20-13-15(12-18(25)22(20)31-11-10-26)14-21-23(29)28-24(32-21)27-19-9-5-7-16-6-3-4-8-17(16)19/h3-9,12-14H,2,11H2,1H3,(H,27,28,29)/b21-14+. The van der Waals surface area contributed by atoms with Gasteiger partial charge in [0.15, 0.2) is 23.3 Å². The number of nitrogens with one attached hydrogen (secondary N) is 1. The Hall–Kier alpha value is -3.28. The molecule has 1 fully saturated rings. The van der Waals surface area contributed by atoms with Gasteiger partial charge in [-0.2, -0.15) is 5.26 Å². The molecule has 32 heavy (non-hydrogen) atoms. The Bertz CT molecular complexity index is 1290. The molecule has 0 saturated carbocycles. The quantitative estimate of drug-likeness (QED) is 0.426. The van der Waals surface area contributed by atoms with E-state index in [2.05, 4.69) is 26.2 Å². The molecule has 4 rings (SSSR count). The second kappa shape index (κ2) is 9.90. The van der Waals surface area contributed by atoms with Crippen LogP contribution in [0.5, 0.6) is 11.5 Å². The number of hydrogen-bond donors (Lipinski definition) is 1. The van der Waals surface area contributed by atoms with E-state index in [1.807, 2.05) is 61.5 Å². The third-order valence-corrected chi connectivity index (χ3v) is 6.05. The smallest absolute Gasteiger partial charge is 0.264 e. The van der Waals surface area contributed by atoms with E-state index < -0.39 is 0 Å². The Balaban J connectivity index is 1.63. The van der Waals surface area contributed by atoms with Crippen molar-refractivity contribution in [1.82, 2.24) is 5.32 Å². The molecule has 8 heteroatoms. The van der Waals surface area contributed by atoms with Gasteiger partial charge in [0, 0.05) is 5.39 Å². The van der Waals surface area contributed by atoms with Crippen LogP contribution in [-0.4, -0.2) is 24.3 Å². The lowest BCUT2D eigenvalue weighted by atomic mass is 10.1. The molecule has 1 N–H and O–H groups in total. The minimum atomic E-state index is -0.215. The lowest BCUT2D eigenvalue weighted by Crippen LogP contribution is -2.19. The summed E-state index contributed by atoms with van der Waals surface area (Å²) in [5, 5.41) is 14.3. The molecule has 0 radical (unpaired) electrons. The number of amidine groups is 1. The number of fused-ring (bicyclic) bond motifs is 1. The van der Waals surface area contributed by atoms with Gasteiger partial charge in [0.25, 0.3) is 5.91 Å². The summed E-state index contributed by atoms with van der Waals surface area (Å²) in [4.78, 5) is 17.7. The van der Waals surface area contributed by atoms with Crippen LogP contribution >= 0.6 is 27.7 Å². The van der Waals surface area contributed by atoms with Crippen molar-refractivity contribution >= 4 is 61.3 Å². The zero-order valence-corrected chi connectivity index (χ0v) is 19.5. The molecule has 160 valence electrons. The van der Waals surface area contributed by atoms with Crippen LogP contribution in [0.4, 0.5) is 5.69 Å². The van der Waals surface area contributed by atoms with Crippen molar-refractivity contribution < 1.29 is 14.3 Å². The Morgan fingerprint density at radius 1 is 1.19 bits per heavy atom. The Kier molecular flexibility index (Phi) is 6.78. The van der Waals surface area contributed by atoms with Crippen LogP contribution in [0, 0.1) is 11.3 Å². The third-order valence-electron chi connectivity index (χ3n) is 4.55. The van der Waals surface area contributed by atoms with Gasteiger partial charge >= 0.3 is 0 Å². The van der Waals surface area contributed by atoms with Gasteiger partial charge in [0.1, 0.15) is 6.07 Å². The van der Waals surface area contributed by atoms with Crippen LogP contribution in [0.1, 0.15) is 12.5 Å². The molecule has 1 aliphatic rings. The van der Waals surface area contributed by atoms with Gasteiger partial charge < -0.3 is 14.8 Å². The van der Waals surface area contributed by atoms with Crippen molar-refractivity contribution in [3.63, 3.8) is 0 Å². The molecule has 1 aliphatic heterocycles. The molecule has 0 aromatic heterocycles. The lowest BCUT2D eigenvalue weighted by Gasteiger charge is -2.13. The first kappa shape index (κ1) is 21.9. The highest BCUT2D eigenvalue weighted by Gasteiger charge is 2.24. The van der Waals surface area contributed by atoms with Crippen LogP contribution < -0.4 is 14.8 Å². The van der Waals surface area contributed by atoms with E-state index in [4.69, 9.17) is 14.7 Å². The number of carbonyl (C=O) groups is 1. The SMILES string of the molecule is CCOc1cc(/C=C2/SC(=Nc3cccc4ccccc34)NC2=O)cc(Br)c1OCC#N. The molecule has 0 aliphatic carbocycles. The molecule has 0 spiro atoms.